The Hall–Kier alpha value is -3.40. The second kappa shape index (κ2) is 8.95. The van der Waals surface area contributed by atoms with Crippen molar-refractivity contribution in [3.05, 3.63) is 60.4 Å². The van der Waals surface area contributed by atoms with Crippen LogP contribution in [0.15, 0.2) is 54.6 Å². The summed E-state index contributed by atoms with van der Waals surface area (Å²) in [6.45, 7) is 1.50. The van der Waals surface area contributed by atoms with E-state index >= 15 is 0 Å². The Kier molecular flexibility index (Phi) is 6.36. The standard InChI is InChI=1S/C20H18F4N4O2/c1-12(11-29)25-19-27-17(13-5-4-6-14(9-13)30-20(22,23)24)10-18(28-19)26-16-8-3-2-7-15(16)21/h2-10,12,29H,11H2,1H3,(H2,25,26,27,28)/t12-/m0/s1. The molecule has 0 spiro atoms. The van der Waals surface area contributed by atoms with Gasteiger partial charge in [0.2, 0.25) is 5.95 Å². The number of anilines is 3. The van der Waals surface area contributed by atoms with Gasteiger partial charge in [-0.15, -0.1) is 13.2 Å². The van der Waals surface area contributed by atoms with Crippen molar-refractivity contribution in [2.24, 2.45) is 0 Å². The molecular weight excluding hydrogens is 404 g/mol. The number of aliphatic hydroxyl groups excluding tert-OH is 1. The van der Waals surface area contributed by atoms with E-state index in [2.05, 4.69) is 25.3 Å². The topological polar surface area (TPSA) is 79.3 Å². The number of nitrogens with one attached hydrogen (secondary N) is 2. The minimum atomic E-state index is -4.83. The fourth-order valence-corrected chi connectivity index (χ4v) is 2.54. The number of benzene rings is 2. The van der Waals surface area contributed by atoms with Gasteiger partial charge in [0.1, 0.15) is 17.4 Å². The molecule has 10 heteroatoms. The first-order valence-corrected chi connectivity index (χ1v) is 8.88. The number of aliphatic hydroxyl groups is 1. The maximum Gasteiger partial charge on any atom is 0.573 e. The maximum absolute atomic E-state index is 14.0. The molecule has 3 rings (SSSR count). The number of para-hydroxylation sites is 1. The molecule has 6 nitrogen and oxygen atoms in total. The number of halogens is 4. The van der Waals surface area contributed by atoms with Crippen molar-refractivity contribution < 1.29 is 27.4 Å². The maximum atomic E-state index is 14.0. The number of aromatic nitrogens is 2. The molecule has 30 heavy (non-hydrogen) atoms. The van der Waals surface area contributed by atoms with Gasteiger partial charge in [-0.25, -0.2) is 9.37 Å². The monoisotopic (exact) mass is 422 g/mol. The van der Waals surface area contributed by atoms with E-state index in [1.165, 1.54) is 42.5 Å². The molecule has 0 saturated carbocycles. The summed E-state index contributed by atoms with van der Waals surface area (Å²) < 4.78 is 55.6. The molecule has 0 fully saturated rings. The predicted molar refractivity (Wildman–Crippen MR) is 104 cm³/mol. The normalized spacial score (nSPS) is 12.3. The summed E-state index contributed by atoms with van der Waals surface area (Å²) in [5, 5.41) is 15.0. The summed E-state index contributed by atoms with van der Waals surface area (Å²) in [5.41, 5.74) is 0.761. The molecule has 0 unspecified atom stereocenters. The first kappa shape index (κ1) is 21.3. The predicted octanol–water partition coefficient (Wildman–Crippen LogP) is 4.72. The Bertz CT molecular complexity index is 1010. The Morgan fingerprint density at radius 2 is 1.83 bits per heavy atom. The third kappa shape index (κ3) is 5.80. The second-order valence-corrected chi connectivity index (χ2v) is 6.37. The number of nitrogens with zero attached hydrogens (tertiary/aromatic N) is 2. The lowest BCUT2D eigenvalue weighted by Crippen LogP contribution is -2.21. The van der Waals surface area contributed by atoms with Gasteiger partial charge in [-0.1, -0.05) is 24.3 Å². The summed E-state index contributed by atoms with van der Waals surface area (Å²) in [4.78, 5) is 8.53. The van der Waals surface area contributed by atoms with Crippen LogP contribution in [0.2, 0.25) is 0 Å². The van der Waals surface area contributed by atoms with Gasteiger partial charge in [0.15, 0.2) is 0 Å². The molecule has 1 heterocycles. The molecule has 1 aromatic heterocycles. The van der Waals surface area contributed by atoms with E-state index in [0.29, 0.717) is 5.56 Å². The van der Waals surface area contributed by atoms with Crippen LogP contribution in [0.25, 0.3) is 11.3 Å². The smallest absolute Gasteiger partial charge is 0.406 e. The van der Waals surface area contributed by atoms with Crippen LogP contribution in [0, 0.1) is 5.82 Å². The molecule has 158 valence electrons. The molecule has 0 radical (unpaired) electrons. The van der Waals surface area contributed by atoms with Crippen LogP contribution < -0.4 is 15.4 Å². The molecule has 2 aromatic carbocycles. The van der Waals surface area contributed by atoms with Gasteiger partial charge in [0.05, 0.1) is 18.0 Å². The number of rotatable bonds is 7. The van der Waals surface area contributed by atoms with E-state index in [4.69, 9.17) is 0 Å². The summed E-state index contributed by atoms with van der Waals surface area (Å²) in [7, 11) is 0. The summed E-state index contributed by atoms with van der Waals surface area (Å²) in [6.07, 6.45) is -4.83. The van der Waals surface area contributed by atoms with Gasteiger partial charge in [-0.05, 0) is 31.2 Å². The molecule has 3 N–H and O–H groups in total. The molecule has 0 aliphatic heterocycles. The minimum Gasteiger partial charge on any atom is -0.406 e. The molecule has 0 amide bonds. The SMILES string of the molecule is C[C@@H](CO)Nc1nc(Nc2ccccc2F)cc(-c2cccc(OC(F)(F)F)c2)n1. The van der Waals surface area contributed by atoms with Crippen LogP contribution in [-0.2, 0) is 0 Å². The van der Waals surface area contributed by atoms with Crippen LogP contribution in [0.5, 0.6) is 5.75 Å². The lowest BCUT2D eigenvalue weighted by Gasteiger charge is -2.15. The Balaban J connectivity index is 2.00. The van der Waals surface area contributed by atoms with E-state index in [1.54, 1.807) is 19.1 Å². The van der Waals surface area contributed by atoms with E-state index in [1.807, 2.05) is 0 Å². The molecule has 0 bridgehead atoms. The Morgan fingerprint density at radius 3 is 2.53 bits per heavy atom. The zero-order chi connectivity index (χ0) is 21.7. The third-order valence-corrected chi connectivity index (χ3v) is 3.88. The van der Waals surface area contributed by atoms with Crippen molar-refractivity contribution in [3.63, 3.8) is 0 Å². The van der Waals surface area contributed by atoms with Gasteiger partial charge >= 0.3 is 6.36 Å². The molecule has 0 aliphatic rings. The van der Waals surface area contributed by atoms with Crippen molar-refractivity contribution >= 4 is 17.5 Å². The van der Waals surface area contributed by atoms with E-state index in [0.717, 1.165) is 0 Å². The van der Waals surface area contributed by atoms with Crippen LogP contribution in [0.1, 0.15) is 6.92 Å². The van der Waals surface area contributed by atoms with Crippen LogP contribution >= 0.6 is 0 Å². The first-order chi connectivity index (χ1) is 14.2. The quantitative estimate of drug-likeness (QED) is 0.479. The van der Waals surface area contributed by atoms with Gasteiger partial charge in [-0.2, -0.15) is 4.98 Å². The lowest BCUT2D eigenvalue weighted by molar-refractivity contribution is -0.274. The number of hydrogen-bond donors (Lipinski definition) is 3. The van der Waals surface area contributed by atoms with Crippen molar-refractivity contribution in [3.8, 4) is 17.0 Å². The zero-order valence-electron chi connectivity index (χ0n) is 15.7. The molecular formula is C20H18F4N4O2. The van der Waals surface area contributed by atoms with Gasteiger partial charge < -0.3 is 20.5 Å². The second-order valence-electron chi connectivity index (χ2n) is 6.37. The summed E-state index contributed by atoms with van der Waals surface area (Å²) >= 11 is 0. The Morgan fingerprint density at radius 1 is 1.07 bits per heavy atom. The van der Waals surface area contributed by atoms with Crippen molar-refractivity contribution in [1.82, 2.24) is 9.97 Å². The third-order valence-electron chi connectivity index (χ3n) is 3.88. The highest BCUT2D eigenvalue weighted by Crippen LogP contribution is 2.29. The van der Waals surface area contributed by atoms with E-state index in [-0.39, 0.29) is 35.8 Å². The fourth-order valence-electron chi connectivity index (χ4n) is 2.54. The van der Waals surface area contributed by atoms with E-state index in [9.17, 15) is 22.7 Å². The highest BCUT2D eigenvalue weighted by atomic mass is 19.4. The number of hydrogen-bond acceptors (Lipinski definition) is 6. The minimum absolute atomic E-state index is 0.107. The lowest BCUT2D eigenvalue weighted by atomic mass is 10.1. The van der Waals surface area contributed by atoms with Crippen LogP contribution in [-0.4, -0.2) is 34.1 Å². The van der Waals surface area contributed by atoms with Crippen LogP contribution in [0.4, 0.5) is 35.0 Å². The number of ether oxygens (including phenoxy) is 1. The highest BCUT2D eigenvalue weighted by Gasteiger charge is 2.31. The molecule has 0 saturated heterocycles. The van der Waals surface area contributed by atoms with Crippen LogP contribution in [0.3, 0.4) is 0 Å². The first-order valence-electron chi connectivity index (χ1n) is 8.88. The average molecular weight is 422 g/mol. The largest absolute Gasteiger partial charge is 0.573 e. The van der Waals surface area contributed by atoms with Crippen molar-refractivity contribution in [2.75, 3.05) is 17.2 Å². The molecule has 0 aliphatic carbocycles. The highest BCUT2D eigenvalue weighted by molar-refractivity contribution is 5.68. The van der Waals surface area contributed by atoms with Gasteiger partial charge in [0, 0.05) is 17.7 Å². The molecule has 1 atom stereocenters. The molecule has 3 aromatic rings. The van der Waals surface area contributed by atoms with Crippen molar-refractivity contribution in [2.45, 2.75) is 19.3 Å². The summed E-state index contributed by atoms with van der Waals surface area (Å²) in [6, 6.07) is 12.3. The fraction of sp³-hybridized carbons (Fsp3) is 0.200. The summed E-state index contributed by atoms with van der Waals surface area (Å²) in [5.74, 6) is -0.591. The van der Waals surface area contributed by atoms with Gasteiger partial charge in [0.25, 0.3) is 0 Å². The zero-order valence-corrected chi connectivity index (χ0v) is 15.7. The Labute approximate surface area is 169 Å². The van der Waals surface area contributed by atoms with Gasteiger partial charge in [-0.3, -0.25) is 0 Å². The number of alkyl halides is 3. The van der Waals surface area contributed by atoms with E-state index < -0.39 is 17.9 Å². The van der Waals surface area contributed by atoms with Crippen molar-refractivity contribution in [1.29, 1.82) is 0 Å². The average Bonchev–Trinajstić information content (AvgIpc) is 2.68.